The van der Waals surface area contributed by atoms with Gasteiger partial charge in [-0.15, -0.1) is 0 Å². The van der Waals surface area contributed by atoms with Crippen molar-refractivity contribution in [2.45, 2.75) is 44.7 Å². The minimum atomic E-state index is -0.0649. The summed E-state index contributed by atoms with van der Waals surface area (Å²) in [6, 6.07) is 4.44. The largest absolute Gasteiger partial charge is 0.272 e. The lowest BCUT2D eigenvalue weighted by atomic mass is 10.0. The van der Waals surface area contributed by atoms with E-state index in [2.05, 4.69) is 12.1 Å². The Labute approximate surface area is 79.6 Å². The normalized spacial score (nSPS) is 25.9. The summed E-state index contributed by atoms with van der Waals surface area (Å²) in [6.45, 7) is 2.90. The summed E-state index contributed by atoms with van der Waals surface area (Å²) in [6.07, 6.45) is 3.98. The number of rotatable bonds is 2. The summed E-state index contributed by atoms with van der Waals surface area (Å²) in [5.41, 5.74) is 0. The van der Waals surface area contributed by atoms with Gasteiger partial charge in [0, 0.05) is 6.54 Å². The van der Waals surface area contributed by atoms with Gasteiger partial charge in [-0.1, -0.05) is 6.92 Å². The molecule has 1 fully saturated rings. The maximum absolute atomic E-state index is 8.90. The molecule has 0 amide bonds. The van der Waals surface area contributed by atoms with Gasteiger partial charge < -0.3 is 0 Å². The van der Waals surface area contributed by atoms with Gasteiger partial charge in [0.15, 0.2) is 0 Å². The molecule has 2 atom stereocenters. The van der Waals surface area contributed by atoms with Gasteiger partial charge in [-0.2, -0.15) is 10.5 Å². The van der Waals surface area contributed by atoms with Crippen molar-refractivity contribution < 1.29 is 0 Å². The zero-order valence-corrected chi connectivity index (χ0v) is 8.03. The Morgan fingerprint density at radius 3 is 2.77 bits per heavy atom. The van der Waals surface area contributed by atoms with Crippen LogP contribution in [-0.4, -0.2) is 23.5 Å². The summed E-state index contributed by atoms with van der Waals surface area (Å²) in [5.74, 6) is 0. The van der Waals surface area contributed by atoms with Crippen LogP contribution in [0.4, 0.5) is 0 Å². The molecule has 0 aliphatic carbocycles. The van der Waals surface area contributed by atoms with E-state index in [0.717, 1.165) is 32.2 Å². The Bertz CT molecular complexity index is 220. The molecule has 0 N–H and O–H groups in total. The number of hydrogen-bond acceptors (Lipinski definition) is 3. The molecular formula is C10H15N3. The summed E-state index contributed by atoms with van der Waals surface area (Å²) >= 11 is 0. The predicted molar refractivity (Wildman–Crippen MR) is 49.7 cm³/mol. The SMILES string of the molecule is CCC(C#N)N1CCCCC1C#N. The lowest BCUT2D eigenvalue weighted by Gasteiger charge is -2.34. The molecule has 0 aromatic heterocycles. The van der Waals surface area contributed by atoms with E-state index in [1.807, 2.05) is 11.8 Å². The third-order valence-electron chi connectivity index (χ3n) is 2.63. The first-order valence-electron chi connectivity index (χ1n) is 4.88. The van der Waals surface area contributed by atoms with Gasteiger partial charge in [-0.05, 0) is 25.7 Å². The summed E-state index contributed by atoms with van der Waals surface area (Å²) in [4.78, 5) is 2.05. The maximum Gasteiger partial charge on any atom is 0.0988 e. The standard InChI is InChI=1S/C10H15N3/c1-2-9(7-11)13-6-4-3-5-10(13)8-12/h9-10H,2-6H2,1H3. The maximum atomic E-state index is 8.90. The Morgan fingerprint density at radius 2 is 2.23 bits per heavy atom. The van der Waals surface area contributed by atoms with E-state index in [4.69, 9.17) is 10.5 Å². The van der Waals surface area contributed by atoms with Crippen molar-refractivity contribution in [2.75, 3.05) is 6.54 Å². The minimum Gasteiger partial charge on any atom is -0.272 e. The lowest BCUT2D eigenvalue weighted by Crippen LogP contribution is -2.44. The van der Waals surface area contributed by atoms with Crippen LogP contribution in [0.5, 0.6) is 0 Å². The molecule has 0 aromatic carbocycles. The van der Waals surface area contributed by atoms with Crippen LogP contribution in [0.15, 0.2) is 0 Å². The van der Waals surface area contributed by atoms with E-state index >= 15 is 0 Å². The van der Waals surface area contributed by atoms with Crippen LogP contribution in [0.1, 0.15) is 32.6 Å². The van der Waals surface area contributed by atoms with Crippen molar-refractivity contribution in [3.05, 3.63) is 0 Å². The van der Waals surface area contributed by atoms with Crippen molar-refractivity contribution in [3.63, 3.8) is 0 Å². The lowest BCUT2D eigenvalue weighted by molar-refractivity contribution is 0.151. The Balaban J connectivity index is 2.65. The minimum absolute atomic E-state index is 0.0293. The third kappa shape index (κ3) is 2.20. The second-order valence-corrected chi connectivity index (χ2v) is 3.43. The second-order valence-electron chi connectivity index (χ2n) is 3.43. The highest BCUT2D eigenvalue weighted by atomic mass is 15.2. The highest BCUT2D eigenvalue weighted by Gasteiger charge is 2.27. The van der Waals surface area contributed by atoms with Gasteiger partial charge >= 0.3 is 0 Å². The van der Waals surface area contributed by atoms with Crippen molar-refractivity contribution in [3.8, 4) is 12.1 Å². The van der Waals surface area contributed by atoms with E-state index in [1.54, 1.807) is 0 Å². The van der Waals surface area contributed by atoms with Crippen LogP contribution in [0.3, 0.4) is 0 Å². The molecule has 1 heterocycles. The topological polar surface area (TPSA) is 50.8 Å². The van der Waals surface area contributed by atoms with Crippen LogP contribution in [0, 0.1) is 22.7 Å². The molecule has 1 rings (SSSR count). The van der Waals surface area contributed by atoms with E-state index < -0.39 is 0 Å². The third-order valence-corrected chi connectivity index (χ3v) is 2.63. The van der Waals surface area contributed by atoms with Crippen LogP contribution in [0.2, 0.25) is 0 Å². The summed E-state index contributed by atoms with van der Waals surface area (Å²) in [5, 5.41) is 17.8. The fourth-order valence-electron chi connectivity index (χ4n) is 1.87. The molecular weight excluding hydrogens is 162 g/mol. The Morgan fingerprint density at radius 1 is 1.46 bits per heavy atom. The zero-order valence-electron chi connectivity index (χ0n) is 8.03. The molecule has 1 aliphatic heterocycles. The molecule has 0 radical (unpaired) electrons. The van der Waals surface area contributed by atoms with Gasteiger partial charge in [0.2, 0.25) is 0 Å². The first-order chi connectivity index (χ1) is 6.33. The molecule has 1 saturated heterocycles. The smallest absolute Gasteiger partial charge is 0.0988 e. The molecule has 0 aromatic rings. The molecule has 3 nitrogen and oxygen atoms in total. The number of nitriles is 2. The fraction of sp³-hybridized carbons (Fsp3) is 0.800. The van der Waals surface area contributed by atoms with Gasteiger partial charge in [-0.25, -0.2) is 0 Å². The van der Waals surface area contributed by atoms with E-state index in [-0.39, 0.29) is 12.1 Å². The van der Waals surface area contributed by atoms with Gasteiger partial charge in [-0.3, -0.25) is 4.90 Å². The molecule has 0 bridgehead atoms. The highest BCUT2D eigenvalue weighted by Crippen LogP contribution is 2.19. The molecule has 2 unspecified atom stereocenters. The van der Waals surface area contributed by atoms with Gasteiger partial charge in [0.25, 0.3) is 0 Å². The molecule has 0 saturated carbocycles. The summed E-state index contributed by atoms with van der Waals surface area (Å²) < 4.78 is 0. The van der Waals surface area contributed by atoms with Crippen LogP contribution in [-0.2, 0) is 0 Å². The molecule has 70 valence electrons. The molecule has 0 spiro atoms. The Kier molecular flexibility index (Phi) is 3.73. The zero-order chi connectivity index (χ0) is 9.68. The quantitative estimate of drug-likeness (QED) is 0.644. The van der Waals surface area contributed by atoms with Crippen molar-refractivity contribution >= 4 is 0 Å². The van der Waals surface area contributed by atoms with E-state index in [9.17, 15) is 0 Å². The van der Waals surface area contributed by atoms with Crippen molar-refractivity contribution in [2.24, 2.45) is 0 Å². The van der Waals surface area contributed by atoms with Gasteiger partial charge in [0.05, 0.1) is 24.2 Å². The van der Waals surface area contributed by atoms with Gasteiger partial charge in [0.1, 0.15) is 0 Å². The average Bonchev–Trinajstić information content (AvgIpc) is 2.20. The molecule has 13 heavy (non-hydrogen) atoms. The average molecular weight is 177 g/mol. The number of piperidine rings is 1. The van der Waals surface area contributed by atoms with Crippen LogP contribution in [0.25, 0.3) is 0 Å². The fourth-order valence-corrected chi connectivity index (χ4v) is 1.87. The highest BCUT2D eigenvalue weighted by molar-refractivity contribution is 5.02. The predicted octanol–water partition coefficient (Wildman–Crippen LogP) is 1.67. The first kappa shape index (κ1) is 10.0. The van der Waals surface area contributed by atoms with Crippen molar-refractivity contribution in [1.29, 1.82) is 10.5 Å². The van der Waals surface area contributed by atoms with Crippen molar-refractivity contribution in [1.82, 2.24) is 4.90 Å². The van der Waals surface area contributed by atoms with Crippen LogP contribution >= 0.6 is 0 Å². The Hall–Kier alpha value is -1.06. The van der Waals surface area contributed by atoms with Crippen LogP contribution < -0.4 is 0 Å². The number of nitrogens with zero attached hydrogens (tertiary/aromatic N) is 3. The van der Waals surface area contributed by atoms with E-state index in [0.29, 0.717) is 0 Å². The number of hydrogen-bond donors (Lipinski definition) is 0. The summed E-state index contributed by atoms with van der Waals surface area (Å²) in [7, 11) is 0. The molecule has 3 heteroatoms. The van der Waals surface area contributed by atoms with E-state index in [1.165, 1.54) is 0 Å². The second kappa shape index (κ2) is 4.84. The number of likely N-dealkylation sites (tertiary alicyclic amines) is 1. The monoisotopic (exact) mass is 177 g/mol. The molecule has 1 aliphatic rings. The first-order valence-corrected chi connectivity index (χ1v) is 4.88.